The van der Waals surface area contributed by atoms with Gasteiger partial charge in [0.05, 0.1) is 5.69 Å². The molecule has 0 aliphatic carbocycles. The minimum atomic E-state index is -0.215. The van der Waals surface area contributed by atoms with Crippen LogP contribution in [0.5, 0.6) is 11.5 Å². The number of hydrogen-bond donors (Lipinski definition) is 1. The summed E-state index contributed by atoms with van der Waals surface area (Å²) < 4.78 is 5.91. The van der Waals surface area contributed by atoms with Crippen LogP contribution in [-0.2, 0) is 9.59 Å². The minimum Gasteiger partial charge on any atom is -0.455 e. The Labute approximate surface area is 155 Å². The van der Waals surface area contributed by atoms with Crippen molar-refractivity contribution in [1.82, 2.24) is 5.32 Å². The van der Waals surface area contributed by atoms with Crippen molar-refractivity contribution in [3.8, 4) is 11.5 Å². The van der Waals surface area contributed by atoms with Crippen molar-refractivity contribution >= 4 is 17.5 Å². The summed E-state index contributed by atoms with van der Waals surface area (Å²) >= 11 is 0. The molecule has 0 fully saturated rings. The van der Waals surface area contributed by atoms with Crippen LogP contribution in [-0.4, -0.2) is 24.9 Å². The molecule has 0 spiro atoms. The molecule has 5 nitrogen and oxygen atoms in total. The Kier molecular flexibility index (Phi) is 7.21. The minimum absolute atomic E-state index is 0.0391. The van der Waals surface area contributed by atoms with Crippen LogP contribution in [0.2, 0.25) is 0 Å². The Morgan fingerprint density at radius 2 is 1.69 bits per heavy atom. The van der Waals surface area contributed by atoms with Crippen LogP contribution in [0.25, 0.3) is 0 Å². The summed E-state index contributed by atoms with van der Waals surface area (Å²) in [6.45, 7) is 6.21. The van der Waals surface area contributed by atoms with Crippen LogP contribution in [0, 0.1) is 5.92 Å². The summed E-state index contributed by atoms with van der Waals surface area (Å²) in [5.41, 5.74) is 0.572. The molecule has 5 heteroatoms. The van der Waals surface area contributed by atoms with Gasteiger partial charge >= 0.3 is 0 Å². The van der Waals surface area contributed by atoms with Gasteiger partial charge in [-0.1, -0.05) is 44.2 Å². The number of carbonyl (C=O) groups excluding carboxylic acids is 2. The van der Waals surface area contributed by atoms with Gasteiger partial charge in [-0.25, -0.2) is 0 Å². The van der Waals surface area contributed by atoms with E-state index in [9.17, 15) is 9.59 Å². The lowest BCUT2D eigenvalue weighted by Gasteiger charge is -2.23. The number of anilines is 1. The number of amides is 2. The topological polar surface area (TPSA) is 58.6 Å². The first-order valence-corrected chi connectivity index (χ1v) is 8.84. The van der Waals surface area contributed by atoms with Gasteiger partial charge in [0.15, 0.2) is 5.75 Å². The highest BCUT2D eigenvalue weighted by Gasteiger charge is 2.19. The van der Waals surface area contributed by atoms with Crippen molar-refractivity contribution in [2.75, 3.05) is 18.0 Å². The van der Waals surface area contributed by atoms with E-state index in [2.05, 4.69) is 19.2 Å². The van der Waals surface area contributed by atoms with Crippen LogP contribution in [0.1, 0.15) is 27.2 Å². The van der Waals surface area contributed by atoms with Crippen molar-refractivity contribution < 1.29 is 14.3 Å². The maximum absolute atomic E-state index is 12.2. The quantitative estimate of drug-likeness (QED) is 0.780. The number of hydrogen-bond acceptors (Lipinski definition) is 3. The number of para-hydroxylation sites is 3. The van der Waals surface area contributed by atoms with Crippen LogP contribution >= 0.6 is 0 Å². The van der Waals surface area contributed by atoms with Crippen molar-refractivity contribution in [2.45, 2.75) is 27.2 Å². The third kappa shape index (κ3) is 5.92. The summed E-state index contributed by atoms with van der Waals surface area (Å²) in [5, 5.41) is 2.86. The zero-order valence-corrected chi connectivity index (χ0v) is 15.6. The standard InChI is InChI=1S/C21H26N2O3/c1-16(2)13-14-22-21(25)15-23(17(3)24)19-11-7-8-12-20(19)26-18-9-5-4-6-10-18/h4-12,16H,13-15H2,1-3H3,(H,22,25). The zero-order chi connectivity index (χ0) is 18.9. The molecule has 0 radical (unpaired) electrons. The van der Waals surface area contributed by atoms with Gasteiger partial charge < -0.3 is 10.1 Å². The number of ether oxygens (including phenoxy) is 1. The molecular formula is C21H26N2O3. The smallest absolute Gasteiger partial charge is 0.240 e. The molecule has 0 aromatic heterocycles. The van der Waals surface area contributed by atoms with Gasteiger partial charge in [-0.3, -0.25) is 14.5 Å². The highest BCUT2D eigenvalue weighted by Crippen LogP contribution is 2.32. The number of nitrogens with one attached hydrogen (secondary N) is 1. The van der Waals surface area contributed by atoms with Crippen molar-refractivity contribution in [3.63, 3.8) is 0 Å². The summed E-state index contributed by atoms with van der Waals surface area (Å²) in [6.07, 6.45) is 0.902. The molecule has 0 saturated heterocycles. The molecule has 0 heterocycles. The SMILES string of the molecule is CC(=O)N(CC(=O)NCCC(C)C)c1ccccc1Oc1ccccc1. The van der Waals surface area contributed by atoms with E-state index in [0.29, 0.717) is 29.6 Å². The third-order valence-corrected chi connectivity index (χ3v) is 3.85. The molecule has 2 aromatic carbocycles. The molecule has 2 amide bonds. The van der Waals surface area contributed by atoms with Crippen molar-refractivity contribution in [1.29, 1.82) is 0 Å². The first kappa shape index (κ1) is 19.5. The largest absolute Gasteiger partial charge is 0.455 e. The van der Waals surface area contributed by atoms with Crippen molar-refractivity contribution in [3.05, 3.63) is 54.6 Å². The second-order valence-corrected chi connectivity index (χ2v) is 6.52. The fourth-order valence-corrected chi connectivity index (χ4v) is 2.45. The van der Waals surface area contributed by atoms with Gasteiger partial charge in [0.1, 0.15) is 12.3 Å². The maximum atomic E-state index is 12.2. The molecule has 1 N–H and O–H groups in total. The molecule has 138 valence electrons. The monoisotopic (exact) mass is 354 g/mol. The summed E-state index contributed by atoms with van der Waals surface area (Å²) in [5.74, 6) is 1.32. The van der Waals surface area contributed by atoms with E-state index < -0.39 is 0 Å². The summed E-state index contributed by atoms with van der Waals surface area (Å²) in [4.78, 5) is 25.8. The molecule has 0 bridgehead atoms. The fourth-order valence-electron chi connectivity index (χ4n) is 2.45. The Morgan fingerprint density at radius 3 is 2.35 bits per heavy atom. The molecule has 26 heavy (non-hydrogen) atoms. The summed E-state index contributed by atoms with van der Waals surface area (Å²) in [7, 11) is 0. The first-order valence-electron chi connectivity index (χ1n) is 8.84. The third-order valence-electron chi connectivity index (χ3n) is 3.85. The van der Waals surface area contributed by atoms with E-state index in [0.717, 1.165) is 6.42 Å². The van der Waals surface area contributed by atoms with Gasteiger partial charge in [0.25, 0.3) is 0 Å². The Bertz CT molecular complexity index is 729. The second kappa shape index (κ2) is 9.61. The normalized spacial score (nSPS) is 10.5. The summed E-state index contributed by atoms with van der Waals surface area (Å²) in [6, 6.07) is 16.6. The molecule has 0 unspecified atom stereocenters. The zero-order valence-electron chi connectivity index (χ0n) is 15.6. The van der Waals surface area contributed by atoms with Crippen molar-refractivity contribution in [2.24, 2.45) is 5.92 Å². The van der Waals surface area contributed by atoms with Crippen LogP contribution in [0.15, 0.2) is 54.6 Å². The number of benzene rings is 2. The lowest BCUT2D eigenvalue weighted by molar-refractivity contribution is -0.123. The highest BCUT2D eigenvalue weighted by atomic mass is 16.5. The Balaban J connectivity index is 2.14. The Hall–Kier alpha value is -2.82. The molecule has 0 atom stereocenters. The molecule has 0 aliphatic rings. The lowest BCUT2D eigenvalue weighted by atomic mass is 10.1. The average molecular weight is 354 g/mol. The highest BCUT2D eigenvalue weighted by molar-refractivity contribution is 5.98. The number of carbonyl (C=O) groups is 2. The van der Waals surface area contributed by atoms with Gasteiger partial charge in [0, 0.05) is 13.5 Å². The molecular weight excluding hydrogens is 328 g/mol. The Morgan fingerprint density at radius 1 is 1.04 bits per heavy atom. The molecule has 0 saturated carbocycles. The van der Waals surface area contributed by atoms with E-state index in [4.69, 9.17) is 4.74 Å². The second-order valence-electron chi connectivity index (χ2n) is 6.52. The molecule has 2 aromatic rings. The fraction of sp³-hybridized carbons (Fsp3) is 0.333. The van der Waals surface area contributed by atoms with E-state index in [1.807, 2.05) is 42.5 Å². The van der Waals surface area contributed by atoms with Crippen LogP contribution in [0.4, 0.5) is 5.69 Å². The van der Waals surface area contributed by atoms with Crippen LogP contribution in [0.3, 0.4) is 0 Å². The first-order chi connectivity index (χ1) is 12.5. The number of nitrogens with zero attached hydrogens (tertiary/aromatic N) is 1. The van der Waals surface area contributed by atoms with E-state index >= 15 is 0 Å². The number of rotatable bonds is 8. The lowest BCUT2D eigenvalue weighted by Crippen LogP contribution is -2.40. The van der Waals surface area contributed by atoms with Gasteiger partial charge in [0.2, 0.25) is 11.8 Å². The predicted octanol–water partition coefficient (Wildman–Crippen LogP) is 3.99. The van der Waals surface area contributed by atoms with Gasteiger partial charge in [-0.05, 0) is 36.6 Å². The van der Waals surface area contributed by atoms with E-state index in [-0.39, 0.29) is 18.4 Å². The van der Waals surface area contributed by atoms with Gasteiger partial charge in [-0.2, -0.15) is 0 Å². The van der Waals surface area contributed by atoms with Gasteiger partial charge in [-0.15, -0.1) is 0 Å². The maximum Gasteiger partial charge on any atom is 0.240 e. The molecule has 2 rings (SSSR count). The predicted molar refractivity (Wildman–Crippen MR) is 103 cm³/mol. The van der Waals surface area contributed by atoms with E-state index in [1.54, 1.807) is 12.1 Å². The van der Waals surface area contributed by atoms with E-state index in [1.165, 1.54) is 11.8 Å². The molecule has 0 aliphatic heterocycles. The average Bonchev–Trinajstić information content (AvgIpc) is 2.61. The van der Waals surface area contributed by atoms with Crippen LogP contribution < -0.4 is 15.0 Å².